The molecule has 0 aliphatic rings. The van der Waals surface area contributed by atoms with E-state index in [9.17, 15) is 9.18 Å². The predicted molar refractivity (Wildman–Crippen MR) is 65.0 cm³/mol. The van der Waals surface area contributed by atoms with Crippen LogP contribution in [0.25, 0.3) is 0 Å². The van der Waals surface area contributed by atoms with Gasteiger partial charge in [0.15, 0.2) is 5.69 Å². The van der Waals surface area contributed by atoms with E-state index in [1.54, 1.807) is 12.1 Å². The summed E-state index contributed by atoms with van der Waals surface area (Å²) in [5, 5.41) is 10.9. The molecule has 88 valence electrons. The molecule has 0 radical (unpaired) electrons. The van der Waals surface area contributed by atoms with Crippen molar-refractivity contribution < 1.29 is 14.3 Å². The van der Waals surface area contributed by atoms with Crippen LogP contribution in [0, 0.1) is 5.82 Å². The molecule has 6 heteroatoms. The first-order chi connectivity index (χ1) is 8.15. The Bertz CT molecular complexity index is 542. The Hall–Kier alpha value is -1.40. The predicted octanol–water partition coefficient (Wildman–Crippen LogP) is 3.27. The van der Waals surface area contributed by atoms with Gasteiger partial charge in [-0.3, -0.25) is 0 Å². The molecule has 0 aliphatic heterocycles. The van der Waals surface area contributed by atoms with Crippen molar-refractivity contribution in [1.82, 2.24) is 4.98 Å². The Morgan fingerprint density at radius 2 is 2.35 bits per heavy atom. The summed E-state index contributed by atoms with van der Waals surface area (Å²) < 4.78 is 12.9. The maximum absolute atomic E-state index is 12.9. The molecule has 1 heterocycles. The van der Waals surface area contributed by atoms with Gasteiger partial charge < -0.3 is 5.11 Å². The van der Waals surface area contributed by atoms with Gasteiger partial charge in [0, 0.05) is 10.3 Å². The lowest BCUT2D eigenvalue weighted by Crippen LogP contribution is -1.96. The van der Waals surface area contributed by atoms with E-state index in [2.05, 4.69) is 4.98 Å². The number of thioether (sulfide) groups is 1. The van der Waals surface area contributed by atoms with Crippen LogP contribution in [-0.4, -0.2) is 16.1 Å². The summed E-state index contributed by atoms with van der Waals surface area (Å²) in [4.78, 5) is 15.4. The second kappa shape index (κ2) is 5.29. The van der Waals surface area contributed by atoms with Crippen molar-refractivity contribution in [3.8, 4) is 0 Å². The van der Waals surface area contributed by atoms with Crippen LogP contribution in [-0.2, 0) is 5.75 Å². The third kappa shape index (κ3) is 3.28. The molecule has 2 aromatic rings. The molecule has 0 unspecified atom stereocenters. The van der Waals surface area contributed by atoms with E-state index in [0.717, 1.165) is 9.90 Å². The molecule has 0 saturated carbocycles. The molecular formula is C11H8FNO2S2. The number of hydrogen-bond donors (Lipinski definition) is 1. The number of aromatic carboxylic acids is 1. The number of halogens is 1. The average molecular weight is 269 g/mol. The van der Waals surface area contributed by atoms with E-state index in [1.807, 2.05) is 0 Å². The van der Waals surface area contributed by atoms with Gasteiger partial charge in [-0.05, 0) is 18.2 Å². The summed E-state index contributed by atoms with van der Waals surface area (Å²) in [5.74, 6) is -0.759. The quantitative estimate of drug-likeness (QED) is 0.865. The third-order valence-electron chi connectivity index (χ3n) is 1.93. The summed E-state index contributed by atoms with van der Waals surface area (Å²) in [5.41, 5.74) is 0.0600. The van der Waals surface area contributed by atoms with Crippen molar-refractivity contribution in [3.05, 3.63) is 46.2 Å². The van der Waals surface area contributed by atoms with Crippen molar-refractivity contribution in [2.75, 3.05) is 0 Å². The van der Waals surface area contributed by atoms with Gasteiger partial charge in [0.1, 0.15) is 10.8 Å². The summed E-state index contributed by atoms with van der Waals surface area (Å²) in [6.07, 6.45) is 0. The first-order valence-electron chi connectivity index (χ1n) is 4.71. The van der Waals surface area contributed by atoms with Crippen LogP contribution < -0.4 is 0 Å². The highest BCUT2D eigenvalue weighted by Gasteiger charge is 2.08. The minimum atomic E-state index is -1.02. The number of thiazole rings is 1. The number of rotatable bonds is 4. The van der Waals surface area contributed by atoms with Gasteiger partial charge >= 0.3 is 5.97 Å². The zero-order valence-electron chi connectivity index (χ0n) is 8.59. The largest absolute Gasteiger partial charge is 0.476 e. The summed E-state index contributed by atoms with van der Waals surface area (Å²) in [6, 6.07) is 6.27. The standard InChI is InChI=1S/C11H8FNO2S2/c12-7-2-1-3-8(4-7)16-6-10-13-9(5-17-10)11(14)15/h1-5H,6H2,(H,14,15). The molecule has 0 fully saturated rings. The average Bonchev–Trinajstić information content (AvgIpc) is 2.75. The van der Waals surface area contributed by atoms with Crippen molar-refractivity contribution >= 4 is 29.1 Å². The zero-order chi connectivity index (χ0) is 12.3. The molecule has 0 amide bonds. The summed E-state index contributed by atoms with van der Waals surface area (Å²) >= 11 is 2.72. The number of carboxylic acids is 1. The topological polar surface area (TPSA) is 50.2 Å². The molecule has 0 atom stereocenters. The Balaban J connectivity index is 2.00. The van der Waals surface area contributed by atoms with Crippen LogP contribution >= 0.6 is 23.1 Å². The van der Waals surface area contributed by atoms with Crippen LogP contribution in [0.3, 0.4) is 0 Å². The maximum Gasteiger partial charge on any atom is 0.355 e. The highest BCUT2D eigenvalue weighted by Crippen LogP contribution is 2.24. The molecule has 0 bridgehead atoms. The Kier molecular flexibility index (Phi) is 3.75. The van der Waals surface area contributed by atoms with Gasteiger partial charge in [0.2, 0.25) is 0 Å². The number of nitrogens with zero attached hydrogens (tertiary/aromatic N) is 1. The van der Waals surface area contributed by atoms with Crippen LogP contribution in [0.15, 0.2) is 34.5 Å². The highest BCUT2D eigenvalue weighted by molar-refractivity contribution is 7.98. The maximum atomic E-state index is 12.9. The highest BCUT2D eigenvalue weighted by atomic mass is 32.2. The molecule has 3 nitrogen and oxygen atoms in total. The van der Waals surface area contributed by atoms with Crippen LogP contribution in [0.1, 0.15) is 15.5 Å². The monoisotopic (exact) mass is 269 g/mol. The van der Waals surface area contributed by atoms with Crippen LogP contribution in [0.2, 0.25) is 0 Å². The first kappa shape index (κ1) is 12.1. The van der Waals surface area contributed by atoms with Gasteiger partial charge in [-0.25, -0.2) is 14.2 Å². The number of benzene rings is 1. The van der Waals surface area contributed by atoms with Gasteiger partial charge in [0.05, 0.1) is 5.75 Å². The van der Waals surface area contributed by atoms with E-state index in [0.29, 0.717) is 5.75 Å². The van der Waals surface area contributed by atoms with Crippen LogP contribution in [0.4, 0.5) is 4.39 Å². The van der Waals surface area contributed by atoms with Crippen molar-refractivity contribution in [1.29, 1.82) is 0 Å². The SMILES string of the molecule is O=C(O)c1csc(CSc2cccc(F)c2)n1. The second-order valence-electron chi connectivity index (χ2n) is 3.18. The van der Waals surface area contributed by atoms with E-state index in [4.69, 9.17) is 5.11 Å². The lowest BCUT2D eigenvalue weighted by molar-refractivity contribution is 0.0691. The Morgan fingerprint density at radius 1 is 1.53 bits per heavy atom. The molecule has 0 aliphatic carbocycles. The van der Waals surface area contributed by atoms with Gasteiger partial charge in [-0.15, -0.1) is 23.1 Å². The summed E-state index contributed by atoms with van der Waals surface area (Å²) in [7, 11) is 0. The number of carbonyl (C=O) groups is 1. The lowest BCUT2D eigenvalue weighted by Gasteiger charge is -1.98. The smallest absolute Gasteiger partial charge is 0.355 e. The third-order valence-corrected chi connectivity index (χ3v) is 3.97. The minimum absolute atomic E-state index is 0.0600. The Labute approximate surface area is 105 Å². The van der Waals surface area contributed by atoms with E-state index >= 15 is 0 Å². The molecule has 2 rings (SSSR count). The molecule has 17 heavy (non-hydrogen) atoms. The summed E-state index contributed by atoms with van der Waals surface area (Å²) in [6.45, 7) is 0. The second-order valence-corrected chi connectivity index (χ2v) is 5.17. The molecule has 0 saturated heterocycles. The van der Waals surface area contributed by atoms with Crippen molar-refractivity contribution in [2.24, 2.45) is 0 Å². The lowest BCUT2D eigenvalue weighted by atomic mass is 10.4. The van der Waals surface area contributed by atoms with E-state index in [1.165, 1.54) is 40.6 Å². The number of hydrogen-bond acceptors (Lipinski definition) is 4. The van der Waals surface area contributed by atoms with Gasteiger partial charge in [-0.1, -0.05) is 6.07 Å². The van der Waals surface area contributed by atoms with Gasteiger partial charge in [0.25, 0.3) is 0 Å². The molecule has 0 spiro atoms. The van der Waals surface area contributed by atoms with Crippen molar-refractivity contribution in [2.45, 2.75) is 10.6 Å². The van der Waals surface area contributed by atoms with E-state index in [-0.39, 0.29) is 11.5 Å². The number of aromatic nitrogens is 1. The molecule has 1 aromatic heterocycles. The minimum Gasteiger partial charge on any atom is -0.476 e. The fraction of sp³-hybridized carbons (Fsp3) is 0.0909. The zero-order valence-corrected chi connectivity index (χ0v) is 10.2. The van der Waals surface area contributed by atoms with Gasteiger partial charge in [-0.2, -0.15) is 0 Å². The fourth-order valence-electron chi connectivity index (χ4n) is 1.18. The Morgan fingerprint density at radius 3 is 3.00 bits per heavy atom. The number of carboxylic acid groups (broad SMARTS) is 1. The van der Waals surface area contributed by atoms with E-state index < -0.39 is 5.97 Å². The normalized spacial score (nSPS) is 10.4. The van der Waals surface area contributed by atoms with Crippen LogP contribution in [0.5, 0.6) is 0 Å². The van der Waals surface area contributed by atoms with Crippen molar-refractivity contribution in [3.63, 3.8) is 0 Å². The molecule has 1 aromatic carbocycles. The molecular weight excluding hydrogens is 261 g/mol. The first-order valence-corrected chi connectivity index (χ1v) is 6.58. The fourth-order valence-corrected chi connectivity index (χ4v) is 2.90. The molecule has 1 N–H and O–H groups in total.